The molecular weight excluding hydrogens is 735 g/mol. The fourth-order valence-corrected chi connectivity index (χ4v) is 8.75. The Balaban J connectivity index is 1.16. The van der Waals surface area contributed by atoms with Gasteiger partial charge in [0.25, 0.3) is 0 Å². The van der Waals surface area contributed by atoms with Gasteiger partial charge in [0.1, 0.15) is 22.7 Å². The number of para-hydroxylation sites is 2. The molecule has 1 aliphatic rings. The first-order valence-electron chi connectivity index (χ1n) is 20.1. The first-order valence-corrected chi connectivity index (χ1v) is 20.1. The molecule has 0 bridgehead atoms. The fraction of sp³-hybridized carbons (Fsp3) is 0. The number of hydrogen-bond donors (Lipinski definition) is 0. The average Bonchev–Trinajstić information content (AvgIpc) is 3.70. The highest BCUT2D eigenvalue weighted by Crippen LogP contribution is 2.53. The Labute approximate surface area is 345 Å². The molecule has 0 radical (unpaired) electrons. The fourth-order valence-electron chi connectivity index (χ4n) is 8.75. The minimum absolute atomic E-state index is 0.565. The van der Waals surface area contributed by atoms with E-state index in [0.29, 0.717) is 17.5 Å². The SMILES string of the molecule is c1ccc(-c2cc(-c3nc(-c4ccccc4)nc(-c4ccc5oc6ccccc6c5c4)n3)c(-c3ccccc3)c(-c3cccc4c3Oc3cccc5cccc-4c35)c2)cc1. The van der Waals surface area contributed by atoms with E-state index in [1.165, 1.54) is 0 Å². The Morgan fingerprint density at radius 2 is 0.917 bits per heavy atom. The maximum atomic E-state index is 6.98. The normalized spacial score (nSPS) is 11.8. The van der Waals surface area contributed by atoms with Crippen LogP contribution in [-0.4, -0.2) is 15.0 Å². The number of nitrogens with zero attached hydrogens (tertiary/aromatic N) is 3. The molecule has 11 aromatic rings. The molecule has 0 saturated heterocycles. The summed E-state index contributed by atoms with van der Waals surface area (Å²) < 4.78 is 13.2. The third-order valence-corrected chi connectivity index (χ3v) is 11.5. The number of ether oxygens (including phenoxy) is 1. The van der Waals surface area contributed by atoms with Crippen LogP contribution < -0.4 is 4.74 Å². The molecule has 5 heteroatoms. The molecule has 0 aliphatic carbocycles. The van der Waals surface area contributed by atoms with Gasteiger partial charge in [-0.25, -0.2) is 15.0 Å². The van der Waals surface area contributed by atoms with Gasteiger partial charge in [-0.2, -0.15) is 0 Å². The van der Waals surface area contributed by atoms with Gasteiger partial charge in [-0.1, -0.05) is 158 Å². The molecule has 0 fully saturated rings. The second kappa shape index (κ2) is 13.8. The lowest BCUT2D eigenvalue weighted by Crippen LogP contribution is -2.03. The first kappa shape index (κ1) is 33.9. The summed E-state index contributed by atoms with van der Waals surface area (Å²) in [7, 11) is 0. The van der Waals surface area contributed by atoms with Crippen LogP contribution in [0.15, 0.2) is 205 Å². The molecular formula is C55H33N3O2. The molecule has 1 aliphatic heterocycles. The Morgan fingerprint density at radius 3 is 1.70 bits per heavy atom. The van der Waals surface area contributed by atoms with E-state index in [4.69, 9.17) is 24.1 Å². The van der Waals surface area contributed by atoms with E-state index in [1.807, 2.05) is 66.7 Å². The van der Waals surface area contributed by atoms with Crippen LogP contribution in [0.4, 0.5) is 0 Å². The molecule has 0 N–H and O–H groups in total. The van der Waals surface area contributed by atoms with Crippen LogP contribution in [0.5, 0.6) is 11.5 Å². The van der Waals surface area contributed by atoms with Crippen LogP contribution in [0.1, 0.15) is 0 Å². The van der Waals surface area contributed by atoms with Crippen molar-refractivity contribution in [1.29, 1.82) is 0 Å². The van der Waals surface area contributed by atoms with E-state index in [9.17, 15) is 0 Å². The number of benzene rings is 9. The Morgan fingerprint density at radius 1 is 0.333 bits per heavy atom. The summed E-state index contributed by atoms with van der Waals surface area (Å²) in [5, 5.41) is 4.33. The topological polar surface area (TPSA) is 61.0 Å². The average molecular weight is 768 g/mol. The summed E-state index contributed by atoms with van der Waals surface area (Å²) in [5.74, 6) is 3.39. The molecule has 3 heterocycles. The van der Waals surface area contributed by atoms with Crippen molar-refractivity contribution in [3.05, 3.63) is 200 Å². The van der Waals surface area contributed by atoms with Crippen molar-refractivity contribution in [2.24, 2.45) is 0 Å². The van der Waals surface area contributed by atoms with E-state index in [2.05, 4.69) is 133 Å². The van der Waals surface area contributed by atoms with Gasteiger partial charge in [-0.05, 0) is 75.7 Å². The highest BCUT2D eigenvalue weighted by molar-refractivity contribution is 6.08. The highest BCUT2D eigenvalue weighted by atomic mass is 16.5. The van der Waals surface area contributed by atoms with Gasteiger partial charge in [0.15, 0.2) is 17.5 Å². The van der Waals surface area contributed by atoms with Gasteiger partial charge in [0, 0.05) is 49.5 Å². The second-order valence-corrected chi connectivity index (χ2v) is 15.1. The lowest BCUT2D eigenvalue weighted by Gasteiger charge is -2.25. The summed E-state index contributed by atoms with van der Waals surface area (Å²) in [6.45, 7) is 0. The van der Waals surface area contributed by atoms with Crippen LogP contribution in [-0.2, 0) is 0 Å². The number of fused-ring (bicyclic) bond motifs is 5. The van der Waals surface area contributed by atoms with E-state index in [0.717, 1.165) is 105 Å². The minimum Gasteiger partial charge on any atom is -0.456 e. The summed E-state index contributed by atoms with van der Waals surface area (Å²) in [6.07, 6.45) is 0. The molecule has 0 amide bonds. The van der Waals surface area contributed by atoms with Crippen LogP contribution in [0, 0.1) is 0 Å². The lowest BCUT2D eigenvalue weighted by atomic mass is 9.84. The third-order valence-electron chi connectivity index (χ3n) is 11.5. The van der Waals surface area contributed by atoms with Crippen molar-refractivity contribution in [2.75, 3.05) is 0 Å². The van der Waals surface area contributed by atoms with Crippen molar-refractivity contribution >= 4 is 32.7 Å². The predicted octanol–water partition coefficient (Wildman–Crippen LogP) is 14.7. The molecule has 2 aromatic heterocycles. The number of rotatable bonds is 6. The smallest absolute Gasteiger partial charge is 0.164 e. The van der Waals surface area contributed by atoms with E-state index < -0.39 is 0 Å². The Bertz CT molecular complexity index is 3450. The highest BCUT2D eigenvalue weighted by Gasteiger charge is 2.27. The molecule has 9 aromatic carbocycles. The second-order valence-electron chi connectivity index (χ2n) is 15.1. The van der Waals surface area contributed by atoms with Crippen LogP contribution in [0.25, 0.3) is 111 Å². The Kier molecular flexibility index (Phi) is 7.78. The third kappa shape index (κ3) is 5.59. The van der Waals surface area contributed by atoms with Crippen molar-refractivity contribution < 1.29 is 9.15 Å². The van der Waals surface area contributed by atoms with Gasteiger partial charge in [0.05, 0.1) is 0 Å². The van der Waals surface area contributed by atoms with Crippen LogP contribution in [0.2, 0.25) is 0 Å². The van der Waals surface area contributed by atoms with Crippen molar-refractivity contribution in [2.45, 2.75) is 0 Å². The first-order chi connectivity index (χ1) is 29.7. The van der Waals surface area contributed by atoms with Gasteiger partial charge >= 0.3 is 0 Å². The van der Waals surface area contributed by atoms with Crippen LogP contribution >= 0.6 is 0 Å². The van der Waals surface area contributed by atoms with Crippen molar-refractivity contribution in [3.8, 4) is 90.2 Å². The maximum Gasteiger partial charge on any atom is 0.164 e. The van der Waals surface area contributed by atoms with Crippen LogP contribution in [0.3, 0.4) is 0 Å². The quantitative estimate of drug-likeness (QED) is 0.169. The van der Waals surface area contributed by atoms with Gasteiger partial charge < -0.3 is 9.15 Å². The van der Waals surface area contributed by atoms with E-state index in [1.54, 1.807) is 0 Å². The number of furan rings is 1. The van der Waals surface area contributed by atoms with E-state index in [-0.39, 0.29) is 0 Å². The molecule has 280 valence electrons. The summed E-state index contributed by atoms with van der Waals surface area (Å²) in [4.78, 5) is 15.9. The molecule has 0 atom stereocenters. The van der Waals surface area contributed by atoms with Crippen molar-refractivity contribution in [1.82, 2.24) is 15.0 Å². The Hall–Kier alpha value is -8.15. The summed E-state index contributed by atoms with van der Waals surface area (Å²) in [5.41, 5.74) is 12.6. The molecule has 0 saturated carbocycles. The lowest BCUT2D eigenvalue weighted by molar-refractivity contribution is 0.489. The zero-order chi connectivity index (χ0) is 39.6. The maximum absolute atomic E-state index is 6.98. The minimum atomic E-state index is 0.565. The van der Waals surface area contributed by atoms with Gasteiger partial charge in [-0.15, -0.1) is 0 Å². The molecule has 12 rings (SSSR count). The predicted molar refractivity (Wildman–Crippen MR) is 243 cm³/mol. The van der Waals surface area contributed by atoms with Gasteiger partial charge in [-0.3, -0.25) is 0 Å². The van der Waals surface area contributed by atoms with Gasteiger partial charge in [0.2, 0.25) is 0 Å². The van der Waals surface area contributed by atoms with E-state index >= 15 is 0 Å². The molecule has 60 heavy (non-hydrogen) atoms. The zero-order valence-corrected chi connectivity index (χ0v) is 32.2. The number of aromatic nitrogens is 3. The molecule has 5 nitrogen and oxygen atoms in total. The monoisotopic (exact) mass is 767 g/mol. The largest absolute Gasteiger partial charge is 0.456 e. The zero-order valence-electron chi connectivity index (χ0n) is 32.2. The van der Waals surface area contributed by atoms with Crippen molar-refractivity contribution in [3.63, 3.8) is 0 Å². The molecule has 0 spiro atoms. The number of hydrogen-bond acceptors (Lipinski definition) is 5. The summed E-state index contributed by atoms with van der Waals surface area (Å²) in [6, 6.07) is 69.2. The molecule has 0 unspecified atom stereocenters. The summed E-state index contributed by atoms with van der Waals surface area (Å²) >= 11 is 0. The standard InChI is InChI=1S/C55H33N3O2/c1-4-15-34(16-5-1)39-32-45(43-26-14-25-42-41-24-12-21-36-22-13-28-49(51(36)41)60-52(42)43)50(35-17-6-2-7-18-35)46(33-39)55-57-53(37-19-8-3-9-20-37)56-54(58-55)38-29-30-48-44(31-38)40-23-10-11-27-47(40)59-48/h1-33H.